The molecule has 0 aliphatic carbocycles. The van der Waals surface area contributed by atoms with Crippen LogP contribution in [-0.2, 0) is 18.9 Å². The molecule has 0 aromatic heterocycles. The number of aliphatic hydroxyl groups is 2. The molecule has 1 atom stereocenters. The van der Waals surface area contributed by atoms with Gasteiger partial charge in [0.1, 0.15) is 13.6 Å². The zero-order valence-electron chi connectivity index (χ0n) is 9.76. The number of aliphatic hydroxyl groups excluding tert-OH is 2. The van der Waals surface area contributed by atoms with Gasteiger partial charge in [0.05, 0.1) is 25.9 Å². The van der Waals surface area contributed by atoms with Gasteiger partial charge in [0.15, 0.2) is 0 Å². The zero-order valence-corrected chi connectivity index (χ0v) is 9.76. The molecule has 0 spiro atoms. The van der Waals surface area contributed by atoms with E-state index in [9.17, 15) is 0 Å². The molecule has 2 N–H and O–H groups in total. The Balaban J connectivity index is 3.08. The van der Waals surface area contributed by atoms with E-state index in [0.29, 0.717) is 26.4 Å². The Hall–Kier alpha value is -0.240. The second-order valence-electron chi connectivity index (χ2n) is 3.19. The van der Waals surface area contributed by atoms with Crippen LogP contribution in [0.3, 0.4) is 0 Å². The molecule has 0 saturated heterocycles. The minimum absolute atomic E-state index is 0.0138. The lowest BCUT2D eigenvalue weighted by Gasteiger charge is -2.13. The Bertz CT molecular complexity index is 132. The molecule has 0 rings (SSSR count). The summed E-state index contributed by atoms with van der Waals surface area (Å²) < 4.78 is 20.1. The van der Waals surface area contributed by atoms with Gasteiger partial charge in [-0.15, -0.1) is 0 Å². The lowest BCUT2D eigenvalue weighted by Crippen LogP contribution is -2.18. The summed E-state index contributed by atoms with van der Waals surface area (Å²) in [6.45, 7) is 3.66. The molecule has 16 heavy (non-hydrogen) atoms. The highest BCUT2D eigenvalue weighted by atomic mass is 16.7. The molecule has 6 heteroatoms. The van der Waals surface area contributed by atoms with Crippen molar-refractivity contribution in [2.75, 3.05) is 46.6 Å². The molecule has 98 valence electrons. The fraction of sp³-hybridized carbons (Fsp3) is 1.00. The molecule has 0 saturated carbocycles. The van der Waals surface area contributed by atoms with Crippen LogP contribution in [0.15, 0.2) is 0 Å². The minimum atomic E-state index is -0.336. The van der Waals surface area contributed by atoms with Crippen molar-refractivity contribution in [3.63, 3.8) is 0 Å². The van der Waals surface area contributed by atoms with E-state index in [2.05, 4.69) is 4.74 Å². The van der Waals surface area contributed by atoms with Gasteiger partial charge >= 0.3 is 0 Å². The van der Waals surface area contributed by atoms with E-state index >= 15 is 0 Å². The minimum Gasteiger partial charge on any atom is -0.394 e. The molecule has 0 heterocycles. The van der Waals surface area contributed by atoms with E-state index in [4.69, 9.17) is 24.4 Å². The average Bonchev–Trinajstić information content (AvgIpc) is 2.29. The molecule has 0 amide bonds. The van der Waals surface area contributed by atoms with Gasteiger partial charge in [-0.25, -0.2) is 0 Å². The number of hydrogen-bond donors (Lipinski definition) is 2. The first-order chi connectivity index (χ1) is 7.81. The van der Waals surface area contributed by atoms with Crippen LogP contribution < -0.4 is 0 Å². The van der Waals surface area contributed by atoms with Crippen LogP contribution in [0, 0.1) is 0 Å². The van der Waals surface area contributed by atoms with Crippen LogP contribution in [0.1, 0.15) is 13.3 Å². The van der Waals surface area contributed by atoms with Gasteiger partial charge in [0.2, 0.25) is 0 Å². The summed E-state index contributed by atoms with van der Waals surface area (Å²) in [6.07, 6.45) is 0.775. The van der Waals surface area contributed by atoms with E-state index in [1.54, 1.807) is 0 Å². The fourth-order valence-electron chi connectivity index (χ4n) is 0.970. The van der Waals surface area contributed by atoms with Crippen LogP contribution in [0.4, 0.5) is 0 Å². The third kappa shape index (κ3) is 11.8. The van der Waals surface area contributed by atoms with Crippen molar-refractivity contribution in [1.29, 1.82) is 0 Å². The summed E-state index contributed by atoms with van der Waals surface area (Å²) in [5.41, 5.74) is 0. The molecule has 0 radical (unpaired) electrons. The standard InChI is InChI=1S/C10H22O6/c1-10(7-14-9-15-8-12)16-5-2-4-13-6-3-11/h10-12H,2-9H2,1H3. The van der Waals surface area contributed by atoms with Crippen LogP contribution in [0.25, 0.3) is 0 Å². The third-order valence-electron chi connectivity index (χ3n) is 1.68. The highest BCUT2D eigenvalue weighted by Gasteiger charge is 2.01. The van der Waals surface area contributed by atoms with Crippen LogP contribution in [0.5, 0.6) is 0 Å². The van der Waals surface area contributed by atoms with Gasteiger partial charge < -0.3 is 29.2 Å². The van der Waals surface area contributed by atoms with Crippen molar-refractivity contribution in [3.8, 4) is 0 Å². The Kier molecular flexibility index (Phi) is 12.6. The van der Waals surface area contributed by atoms with E-state index in [-0.39, 0.29) is 26.3 Å². The zero-order chi connectivity index (χ0) is 12.1. The topological polar surface area (TPSA) is 77.4 Å². The third-order valence-corrected chi connectivity index (χ3v) is 1.68. The van der Waals surface area contributed by atoms with Gasteiger partial charge in [-0.2, -0.15) is 0 Å². The van der Waals surface area contributed by atoms with Gasteiger partial charge in [-0.05, 0) is 13.3 Å². The molecule has 0 aromatic rings. The average molecular weight is 238 g/mol. The molecule has 0 bridgehead atoms. The molecule has 0 aliphatic rings. The first-order valence-corrected chi connectivity index (χ1v) is 5.37. The van der Waals surface area contributed by atoms with Gasteiger partial charge in [0.25, 0.3) is 0 Å². The maximum Gasteiger partial charge on any atom is 0.149 e. The maximum absolute atomic E-state index is 8.45. The first-order valence-electron chi connectivity index (χ1n) is 5.37. The van der Waals surface area contributed by atoms with E-state index in [1.807, 2.05) is 6.92 Å². The second-order valence-corrected chi connectivity index (χ2v) is 3.19. The SMILES string of the molecule is CC(COCOCO)OCCCOCCO. The lowest BCUT2D eigenvalue weighted by atomic mass is 10.4. The van der Waals surface area contributed by atoms with Gasteiger partial charge in [-0.3, -0.25) is 0 Å². The molecule has 1 unspecified atom stereocenters. The van der Waals surface area contributed by atoms with Crippen LogP contribution in [-0.4, -0.2) is 62.9 Å². The quantitative estimate of drug-likeness (QED) is 0.360. The largest absolute Gasteiger partial charge is 0.394 e. The molecule has 0 fully saturated rings. The number of rotatable bonds is 12. The van der Waals surface area contributed by atoms with Gasteiger partial charge in [-0.1, -0.05) is 0 Å². The van der Waals surface area contributed by atoms with E-state index in [0.717, 1.165) is 6.42 Å². The predicted molar refractivity (Wildman–Crippen MR) is 56.9 cm³/mol. The summed E-state index contributed by atoms with van der Waals surface area (Å²) >= 11 is 0. The van der Waals surface area contributed by atoms with Crippen LogP contribution in [0.2, 0.25) is 0 Å². The summed E-state index contributed by atoms with van der Waals surface area (Å²) in [5.74, 6) is 0. The van der Waals surface area contributed by atoms with Crippen molar-refractivity contribution in [1.82, 2.24) is 0 Å². The normalized spacial score (nSPS) is 12.9. The number of ether oxygens (including phenoxy) is 4. The van der Waals surface area contributed by atoms with Gasteiger partial charge in [0, 0.05) is 13.2 Å². The predicted octanol–water partition coefficient (Wildman–Crippen LogP) is -0.269. The van der Waals surface area contributed by atoms with Crippen molar-refractivity contribution in [2.24, 2.45) is 0 Å². The Morgan fingerprint density at radius 2 is 1.81 bits per heavy atom. The summed E-state index contributed by atoms with van der Waals surface area (Å²) in [4.78, 5) is 0. The Labute approximate surface area is 96.1 Å². The van der Waals surface area contributed by atoms with Crippen molar-refractivity contribution in [3.05, 3.63) is 0 Å². The van der Waals surface area contributed by atoms with Crippen molar-refractivity contribution >= 4 is 0 Å². The molecule has 6 nitrogen and oxygen atoms in total. The second kappa shape index (κ2) is 12.8. The van der Waals surface area contributed by atoms with E-state index in [1.165, 1.54) is 0 Å². The highest BCUT2D eigenvalue weighted by molar-refractivity contribution is 4.46. The summed E-state index contributed by atoms with van der Waals surface area (Å²) in [5, 5.41) is 16.8. The highest BCUT2D eigenvalue weighted by Crippen LogP contribution is 1.94. The first kappa shape index (κ1) is 15.8. The Morgan fingerprint density at radius 1 is 1.00 bits per heavy atom. The van der Waals surface area contributed by atoms with Crippen molar-refractivity contribution in [2.45, 2.75) is 19.4 Å². The maximum atomic E-state index is 8.45. The summed E-state index contributed by atoms with van der Waals surface area (Å²) in [7, 11) is 0. The van der Waals surface area contributed by atoms with Crippen LogP contribution >= 0.6 is 0 Å². The fourth-order valence-corrected chi connectivity index (χ4v) is 0.970. The molecule has 0 aromatic carbocycles. The molecular weight excluding hydrogens is 216 g/mol. The number of hydrogen-bond acceptors (Lipinski definition) is 6. The Morgan fingerprint density at radius 3 is 2.50 bits per heavy atom. The van der Waals surface area contributed by atoms with Crippen molar-refractivity contribution < 1.29 is 29.2 Å². The monoisotopic (exact) mass is 238 g/mol. The lowest BCUT2D eigenvalue weighted by molar-refractivity contribution is -0.126. The van der Waals surface area contributed by atoms with E-state index < -0.39 is 0 Å². The smallest absolute Gasteiger partial charge is 0.149 e. The molecule has 0 aliphatic heterocycles. The summed E-state index contributed by atoms with van der Waals surface area (Å²) in [6, 6.07) is 0. The molecular formula is C10H22O6.